The molecule has 0 aliphatic rings. The molecule has 3 rings (SSSR count). The summed E-state index contributed by atoms with van der Waals surface area (Å²) in [4.78, 5) is 39.9. The van der Waals surface area contributed by atoms with E-state index in [2.05, 4.69) is 30.6 Å². The van der Waals surface area contributed by atoms with Gasteiger partial charge in [0, 0.05) is 36.1 Å². The minimum Gasteiger partial charge on any atom is -0.365 e. The van der Waals surface area contributed by atoms with E-state index in [9.17, 15) is 22.8 Å². The number of nitrogens with one attached hydrogen (secondary N) is 3. The highest BCUT2D eigenvalue weighted by atomic mass is 35.5. The number of fused-ring (bicyclic) bond motifs is 1. The summed E-state index contributed by atoms with van der Waals surface area (Å²) in [5.74, 6) is -1.44. The lowest BCUT2D eigenvalue weighted by Gasteiger charge is -2.26. The summed E-state index contributed by atoms with van der Waals surface area (Å²) in [5, 5.41) is 6.01. The van der Waals surface area contributed by atoms with Crippen LogP contribution in [0.25, 0.3) is 22.4 Å². The zero-order valence-corrected chi connectivity index (χ0v) is 17.7. The lowest BCUT2D eigenvalue weighted by molar-refractivity contribution is -0.136. The Balaban J connectivity index is 1.92. The number of hydrogen-bond acceptors (Lipinski definition) is 6. The molecule has 0 unspecified atom stereocenters. The number of H-pyrrole nitrogens is 1. The number of amides is 2. The third-order valence-corrected chi connectivity index (χ3v) is 4.69. The van der Waals surface area contributed by atoms with Crippen LogP contribution >= 0.6 is 11.6 Å². The van der Waals surface area contributed by atoms with E-state index in [1.807, 2.05) is 0 Å². The number of alkyl halides is 3. The van der Waals surface area contributed by atoms with Crippen LogP contribution in [0, 0.1) is 0 Å². The van der Waals surface area contributed by atoms with Crippen LogP contribution < -0.4 is 16.4 Å². The molecule has 3 aromatic rings. The molecule has 0 aliphatic heterocycles. The number of anilines is 1. The van der Waals surface area contributed by atoms with Gasteiger partial charge >= 0.3 is 6.18 Å². The van der Waals surface area contributed by atoms with Crippen molar-refractivity contribution in [2.24, 2.45) is 5.73 Å². The van der Waals surface area contributed by atoms with Crippen LogP contribution in [0.2, 0.25) is 5.02 Å². The van der Waals surface area contributed by atoms with Gasteiger partial charge in [-0.05, 0) is 19.9 Å². The number of aromatic nitrogens is 4. The van der Waals surface area contributed by atoms with Gasteiger partial charge in [0.25, 0.3) is 5.91 Å². The third kappa shape index (κ3) is 5.25. The minimum absolute atomic E-state index is 0.0530. The Morgan fingerprint density at radius 1 is 1.22 bits per heavy atom. The smallest absolute Gasteiger partial charge is 0.365 e. The lowest BCUT2D eigenvalue weighted by Crippen LogP contribution is -2.49. The largest absolute Gasteiger partial charge is 0.390 e. The van der Waals surface area contributed by atoms with E-state index in [4.69, 9.17) is 17.3 Å². The van der Waals surface area contributed by atoms with E-state index in [1.54, 1.807) is 12.3 Å². The van der Waals surface area contributed by atoms with E-state index < -0.39 is 36.5 Å². The van der Waals surface area contributed by atoms with Gasteiger partial charge in [0.2, 0.25) is 5.91 Å². The van der Waals surface area contributed by atoms with Crippen LogP contribution in [-0.2, 0) is 4.79 Å². The number of halogens is 4. The van der Waals surface area contributed by atoms with Gasteiger partial charge in [-0.25, -0.2) is 15.0 Å². The molecule has 0 saturated heterocycles. The Morgan fingerprint density at radius 2 is 1.94 bits per heavy atom. The van der Waals surface area contributed by atoms with Crippen molar-refractivity contribution in [3.05, 3.63) is 35.2 Å². The van der Waals surface area contributed by atoms with Gasteiger partial charge in [0.15, 0.2) is 5.82 Å². The molecule has 0 aromatic carbocycles. The topological polar surface area (TPSA) is 139 Å². The Labute approximate surface area is 185 Å². The van der Waals surface area contributed by atoms with Crippen LogP contribution in [0.4, 0.5) is 19.0 Å². The normalized spacial score (nSPS) is 12.1. The van der Waals surface area contributed by atoms with Crippen LogP contribution in [0.3, 0.4) is 0 Å². The van der Waals surface area contributed by atoms with Gasteiger partial charge in [-0.3, -0.25) is 9.59 Å². The summed E-state index contributed by atoms with van der Waals surface area (Å²) in [7, 11) is 0. The van der Waals surface area contributed by atoms with Gasteiger partial charge in [-0.1, -0.05) is 11.6 Å². The van der Waals surface area contributed by atoms with Crippen LogP contribution in [0.5, 0.6) is 0 Å². The number of rotatable bonds is 7. The Hall–Kier alpha value is -3.41. The lowest BCUT2D eigenvalue weighted by atomic mass is 10.0. The predicted octanol–water partition coefficient (Wildman–Crippen LogP) is 3.03. The van der Waals surface area contributed by atoms with Crippen molar-refractivity contribution < 1.29 is 22.8 Å². The quantitative estimate of drug-likeness (QED) is 0.419. The number of aromatic amines is 1. The molecule has 5 N–H and O–H groups in total. The molecule has 13 heteroatoms. The average Bonchev–Trinajstić information content (AvgIpc) is 3.09. The first-order chi connectivity index (χ1) is 14.9. The maximum atomic E-state index is 12.4. The number of carbonyl (C=O) groups is 2. The van der Waals surface area contributed by atoms with Gasteiger partial charge in [0.05, 0.1) is 17.0 Å². The first kappa shape index (κ1) is 23.3. The van der Waals surface area contributed by atoms with Crippen molar-refractivity contribution in [1.82, 2.24) is 25.3 Å². The van der Waals surface area contributed by atoms with E-state index >= 15 is 0 Å². The predicted molar refractivity (Wildman–Crippen MR) is 112 cm³/mol. The van der Waals surface area contributed by atoms with Crippen LogP contribution in [-0.4, -0.2) is 50.0 Å². The second-order valence-electron chi connectivity index (χ2n) is 7.44. The number of hydrogen-bond donors (Lipinski definition) is 4. The zero-order valence-electron chi connectivity index (χ0n) is 17.0. The molecule has 3 aromatic heterocycles. The maximum absolute atomic E-state index is 12.4. The first-order valence-electron chi connectivity index (χ1n) is 9.30. The molecule has 32 heavy (non-hydrogen) atoms. The summed E-state index contributed by atoms with van der Waals surface area (Å²) in [5.41, 5.74) is 4.94. The zero-order chi connectivity index (χ0) is 23.7. The molecule has 170 valence electrons. The van der Waals surface area contributed by atoms with Crippen molar-refractivity contribution in [3.8, 4) is 11.4 Å². The van der Waals surface area contributed by atoms with Gasteiger partial charge in [-0.15, -0.1) is 0 Å². The molecule has 0 spiro atoms. The van der Waals surface area contributed by atoms with Gasteiger partial charge < -0.3 is 21.4 Å². The second kappa shape index (κ2) is 8.61. The highest BCUT2D eigenvalue weighted by Gasteiger charge is 2.32. The molecule has 0 radical (unpaired) electrons. The number of nitrogens with zero attached hydrogens (tertiary/aromatic N) is 3. The monoisotopic (exact) mass is 469 g/mol. The molecule has 0 fully saturated rings. The van der Waals surface area contributed by atoms with Crippen molar-refractivity contribution in [1.29, 1.82) is 0 Å². The fourth-order valence-electron chi connectivity index (χ4n) is 2.84. The summed E-state index contributed by atoms with van der Waals surface area (Å²) in [6.45, 7) is 2.27. The third-order valence-electron chi connectivity index (χ3n) is 4.49. The standard InChI is InChI=1S/C19H19ClF3N7O2/c1-18(2,17(32)25-4-3-19(21,22)23)30-16-12(13(24)31)8-28-15(29-16)11-7-27-14-10(11)5-9(20)6-26-14/h5-8H,3-4H2,1-2H3,(H2,24,31)(H,25,32)(H,26,27)(H,28,29,30). The number of carbonyl (C=O) groups excluding carboxylic acids is 2. The Morgan fingerprint density at radius 3 is 2.59 bits per heavy atom. The number of pyridine rings is 1. The van der Waals surface area contributed by atoms with Crippen molar-refractivity contribution in [3.63, 3.8) is 0 Å². The number of nitrogens with two attached hydrogens (primary N) is 1. The molecule has 3 heterocycles. The van der Waals surface area contributed by atoms with E-state index in [1.165, 1.54) is 26.2 Å². The average molecular weight is 470 g/mol. The minimum atomic E-state index is -4.40. The van der Waals surface area contributed by atoms with Crippen molar-refractivity contribution in [2.45, 2.75) is 32.0 Å². The first-order valence-corrected chi connectivity index (χ1v) is 9.68. The van der Waals surface area contributed by atoms with Gasteiger partial charge in [-0.2, -0.15) is 13.2 Å². The van der Waals surface area contributed by atoms with E-state index in [-0.39, 0.29) is 17.2 Å². The van der Waals surface area contributed by atoms with E-state index in [0.717, 1.165) is 0 Å². The molecule has 9 nitrogen and oxygen atoms in total. The Kier molecular flexibility index (Phi) is 6.26. The summed E-state index contributed by atoms with van der Waals surface area (Å²) in [6.07, 6.45) is -1.31. The number of primary amides is 1. The molecule has 0 aliphatic carbocycles. The molecular weight excluding hydrogens is 451 g/mol. The summed E-state index contributed by atoms with van der Waals surface area (Å²) >= 11 is 6.02. The van der Waals surface area contributed by atoms with Crippen molar-refractivity contribution in [2.75, 3.05) is 11.9 Å². The fraction of sp³-hybridized carbons (Fsp3) is 0.316. The van der Waals surface area contributed by atoms with Gasteiger partial charge in [0.1, 0.15) is 17.0 Å². The summed E-state index contributed by atoms with van der Waals surface area (Å²) in [6, 6.07) is 1.66. The van der Waals surface area contributed by atoms with Crippen LogP contribution in [0.15, 0.2) is 24.7 Å². The Bertz CT molecular complexity index is 1180. The molecule has 0 bridgehead atoms. The second-order valence-corrected chi connectivity index (χ2v) is 7.88. The SMILES string of the molecule is CC(C)(Nc1nc(-c2c[nH]c3ncc(Cl)cc23)ncc1C(N)=O)C(=O)NCCC(F)(F)F. The highest BCUT2D eigenvalue weighted by molar-refractivity contribution is 6.31. The molecule has 0 saturated carbocycles. The molecular formula is C19H19ClF3N7O2. The van der Waals surface area contributed by atoms with E-state index in [0.29, 0.717) is 21.6 Å². The molecule has 2 amide bonds. The van der Waals surface area contributed by atoms with Crippen LogP contribution in [0.1, 0.15) is 30.6 Å². The summed E-state index contributed by atoms with van der Waals surface area (Å²) < 4.78 is 37.1. The fourth-order valence-corrected chi connectivity index (χ4v) is 3.00. The molecule has 0 atom stereocenters. The van der Waals surface area contributed by atoms with Crippen molar-refractivity contribution >= 4 is 40.3 Å². The highest BCUT2D eigenvalue weighted by Crippen LogP contribution is 2.29. The maximum Gasteiger partial charge on any atom is 0.390 e.